The van der Waals surface area contributed by atoms with E-state index in [0.29, 0.717) is 5.25 Å². The molecule has 5 heteroatoms. The molecule has 1 aromatic rings. The van der Waals surface area contributed by atoms with Crippen molar-refractivity contribution in [2.75, 3.05) is 18.8 Å². The van der Waals surface area contributed by atoms with E-state index in [2.05, 4.69) is 22.8 Å². The summed E-state index contributed by atoms with van der Waals surface area (Å²) in [5, 5.41) is 5.66. The van der Waals surface area contributed by atoms with Crippen molar-refractivity contribution in [3.8, 4) is 0 Å². The summed E-state index contributed by atoms with van der Waals surface area (Å²) in [6.45, 7) is 5.71. The fraction of sp³-hybridized carbons (Fsp3) is 0.615. The van der Waals surface area contributed by atoms with E-state index >= 15 is 0 Å². The first kappa shape index (κ1) is 13.7. The van der Waals surface area contributed by atoms with Gasteiger partial charge in [-0.05, 0) is 31.7 Å². The van der Waals surface area contributed by atoms with E-state index in [-0.39, 0.29) is 12.1 Å². The summed E-state index contributed by atoms with van der Waals surface area (Å²) in [5.41, 5.74) is 0. The van der Waals surface area contributed by atoms with Crippen molar-refractivity contribution in [1.82, 2.24) is 10.2 Å². The van der Waals surface area contributed by atoms with Crippen LogP contribution in [0.15, 0.2) is 17.5 Å². The van der Waals surface area contributed by atoms with Gasteiger partial charge in [0.25, 0.3) is 0 Å². The number of urea groups is 1. The zero-order valence-electron chi connectivity index (χ0n) is 10.9. The van der Waals surface area contributed by atoms with Crippen LogP contribution >= 0.6 is 23.1 Å². The van der Waals surface area contributed by atoms with Crippen LogP contribution in [0.1, 0.15) is 30.4 Å². The molecular weight excluding hydrogens is 264 g/mol. The molecule has 1 fully saturated rings. The van der Waals surface area contributed by atoms with Crippen molar-refractivity contribution >= 4 is 29.1 Å². The van der Waals surface area contributed by atoms with Crippen LogP contribution < -0.4 is 5.32 Å². The highest BCUT2D eigenvalue weighted by molar-refractivity contribution is 7.99. The Morgan fingerprint density at radius 1 is 1.50 bits per heavy atom. The van der Waals surface area contributed by atoms with Gasteiger partial charge in [-0.15, -0.1) is 11.3 Å². The molecule has 1 N–H and O–H groups in total. The lowest BCUT2D eigenvalue weighted by Crippen LogP contribution is -2.43. The van der Waals surface area contributed by atoms with Crippen molar-refractivity contribution < 1.29 is 4.79 Å². The third kappa shape index (κ3) is 3.65. The first-order valence-corrected chi connectivity index (χ1v) is 8.30. The Hall–Kier alpha value is -0.680. The molecule has 1 aromatic heterocycles. The van der Waals surface area contributed by atoms with E-state index < -0.39 is 0 Å². The predicted molar refractivity (Wildman–Crippen MR) is 79.4 cm³/mol. The number of hydrogen-bond donors (Lipinski definition) is 1. The molecule has 0 spiro atoms. The fourth-order valence-electron chi connectivity index (χ4n) is 2.01. The topological polar surface area (TPSA) is 32.3 Å². The van der Waals surface area contributed by atoms with Gasteiger partial charge in [-0.25, -0.2) is 4.79 Å². The van der Waals surface area contributed by atoms with E-state index in [0.717, 1.165) is 25.3 Å². The Labute approximate surface area is 117 Å². The Kier molecular flexibility index (Phi) is 4.95. The number of thiophene rings is 1. The zero-order valence-corrected chi connectivity index (χ0v) is 12.5. The van der Waals surface area contributed by atoms with Gasteiger partial charge >= 0.3 is 6.03 Å². The van der Waals surface area contributed by atoms with Gasteiger partial charge in [0.05, 0.1) is 0 Å². The van der Waals surface area contributed by atoms with E-state index in [9.17, 15) is 4.79 Å². The van der Waals surface area contributed by atoms with Crippen LogP contribution in [-0.2, 0) is 0 Å². The lowest BCUT2D eigenvalue weighted by atomic mass is 10.2. The molecule has 1 aliphatic rings. The molecule has 2 rings (SSSR count). The molecule has 100 valence electrons. The summed E-state index contributed by atoms with van der Waals surface area (Å²) in [4.78, 5) is 15.3. The zero-order chi connectivity index (χ0) is 13.0. The number of thioether (sulfide) groups is 1. The third-order valence-electron chi connectivity index (χ3n) is 2.90. The van der Waals surface area contributed by atoms with Gasteiger partial charge in [-0.2, -0.15) is 11.8 Å². The minimum Gasteiger partial charge on any atom is -0.336 e. The molecule has 0 radical (unpaired) electrons. The van der Waals surface area contributed by atoms with Crippen LogP contribution in [0.4, 0.5) is 4.79 Å². The molecule has 0 aromatic carbocycles. The standard InChI is InChI=1S/C13H20N2OS2/c1-10(2)14-13(16)15-6-5-12(18-9-7-15)11-4-3-8-17-11/h3-4,8,10,12H,5-7,9H2,1-2H3,(H,14,16). The number of nitrogens with zero attached hydrogens (tertiary/aromatic N) is 1. The van der Waals surface area contributed by atoms with E-state index in [1.54, 1.807) is 0 Å². The largest absolute Gasteiger partial charge is 0.336 e. The molecule has 1 atom stereocenters. The highest BCUT2D eigenvalue weighted by Crippen LogP contribution is 2.36. The van der Waals surface area contributed by atoms with E-state index in [1.807, 2.05) is 41.8 Å². The smallest absolute Gasteiger partial charge is 0.317 e. The Morgan fingerprint density at radius 3 is 3.00 bits per heavy atom. The van der Waals surface area contributed by atoms with Gasteiger partial charge in [0, 0.05) is 35.0 Å². The van der Waals surface area contributed by atoms with Crippen LogP contribution in [0.3, 0.4) is 0 Å². The third-order valence-corrected chi connectivity index (χ3v) is 5.35. The van der Waals surface area contributed by atoms with Gasteiger partial charge in [-0.3, -0.25) is 0 Å². The average molecular weight is 284 g/mol. The summed E-state index contributed by atoms with van der Waals surface area (Å²) >= 11 is 3.79. The Morgan fingerprint density at radius 2 is 2.33 bits per heavy atom. The van der Waals surface area contributed by atoms with Crippen molar-refractivity contribution in [3.63, 3.8) is 0 Å². The summed E-state index contributed by atoms with van der Waals surface area (Å²) in [6.07, 6.45) is 1.05. The second-order valence-electron chi connectivity index (χ2n) is 4.75. The van der Waals surface area contributed by atoms with Crippen molar-refractivity contribution in [2.45, 2.75) is 31.6 Å². The summed E-state index contributed by atoms with van der Waals surface area (Å²) in [5.74, 6) is 1.02. The molecule has 1 unspecified atom stereocenters. The number of carbonyl (C=O) groups excluding carboxylic acids is 1. The van der Waals surface area contributed by atoms with E-state index in [4.69, 9.17) is 0 Å². The maximum absolute atomic E-state index is 12.0. The van der Waals surface area contributed by atoms with Crippen LogP contribution in [-0.4, -0.2) is 35.8 Å². The Balaban J connectivity index is 1.90. The molecule has 3 nitrogen and oxygen atoms in total. The molecule has 2 heterocycles. The minimum atomic E-state index is 0.0810. The maximum Gasteiger partial charge on any atom is 0.317 e. The van der Waals surface area contributed by atoms with E-state index in [1.165, 1.54) is 4.88 Å². The quantitative estimate of drug-likeness (QED) is 0.903. The van der Waals surface area contributed by atoms with Crippen LogP contribution in [0.5, 0.6) is 0 Å². The van der Waals surface area contributed by atoms with Gasteiger partial charge in [-0.1, -0.05) is 6.07 Å². The summed E-state index contributed by atoms with van der Waals surface area (Å²) < 4.78 is 0. The first-order chi connectivity index (χ1) is 8.66. The molecule has 0 aliphatic carbocycles. The van der Waals surface area contributed by atoms with Crippen molar-refractivity contribution in [2.24, 2.45) is 0 Å². The lowest BCUT2D eigenvalue weighted by Gasteiger charge is -2.22. The molecular formula is C13H20N2OS2. The number of nitrogens with one attached hydrogen (secondary N) is 1. The second-order valence-corrected chi connectivity index (χ2v) is 7.04. The predicted octanol–water partition coefficient (Wildman–Crippen LogP) is 3.35. The molecule has 0 saturated carbocycles. The van der Waals surface area contributed by atoms with Crippen molar-refractivity contribution in [1.29, 1.82) is 0 Å². The van der Waals surface area contributed by atoms with Gasteiger partial charge < -0.3 is 10.2 Å². The monoisotopic (exact) mass is 284 g/mol. The molecule has 1 saturated heterocycles. The first-order valence-electron chi connectivity index (χ1n) is 6.37. The molecule has 0 bridgehead atoms. The summed E-state index contributed by atoms with van der Waals surface area (Å²) in [7, 11) is 0. The number of carbonyl (C=O) groups is 1. The average Bonchev–Trinajstić information content (AvgIpc) is 2.72. The number of hydrogen-bond acceptors (Lipinski definition) is 3. The van der Waals surface area contributed by atoms with Crippen molar-refractivity contribution in [3.05, 3.63) is 22.4 Å². The maximum atomic E-state index is 12.0. The van der Waals surface area contributed by atoms with Crippen LogP contribution in [0.25, 0.3) is 0 Å². The van der Waals surface area contributed by atoms with Gasteiger partial charge in [0.1, 0.15) is 0 Å². The highest BCUT2D eigenvalue weighted by Gasteiger charge is 2.22. The normalized spacial score (nSPS) is 20.8. The minimum absolute atomic E-state index is 0.0810. The molecule has 18 heavy (non-hydrogen) atoms. The lowest BCUT2D eigenvalue weighted by molar-refractivity contribution is 0.198. The van der Waals surface area contributed by atoms with Gasteiger partial charge in [0.2, 0.25) is 0 Å². The Bertz CT molecular complexity index is 378. The SMILES string of the molecule is CC(C)NC(=O)N1CCSC(c2cccs2)CC1. The molecule has 2 amide bonds. The fourth-order valence-corrected chi connectivity index (χ4v) is 4.25. The summed E-state index contributed by atoms with van der Waals surface area (Å²) in [6, 6.07) is 4.60. The van der Waals surface area contributed by atoms with Gasteiger partial charge in [0.15, 0.2) is 0 Å². The van der Waals surface area contributed by atoms with Crippen LogP contribution in [0, 0.1) is 0 Å². The number of amides is 2. The van der Waals surface area contributed by atoms with Crippen LogP contribution in [0.2, 0.25) is 0 Å². The highest BCUT2D eigenvalue weighted by atomic mass is 32.2. The number of rotatable bonds is 2. The molecule has 1 aliphatic heterocycles. The second kappa shape index (κ2) is 6.48.